The van der Waals surface area contributed by atoms with E-state index in [-0.39, 0.29) is 24.4 Å². The third-order valence-electron chi connectivity index (χ3n) is 2.57. The molecule has 1 aromatic heterocycles. The molecule has 0 aliphatic rings. The fourth-order valence-corrected chi connectivity index (χ4v) is 1.63. The predicted octanol–water partition coefficient (Wildman–Crippen LogP) is 1.72. The zero-order valence-electron chi connectivity index (χ0n) is 10.9. The number of halogens is 2. The lowest BCUT2D eigenvalue weighted by atomic mass is 10.2. The molecule has 7 heteroatoms. The Hall–Kier alpha value is -2.70. The van der Waals surface area contributed by atoms with Crippen molar-refractivity contribution in [3.63, 3.8) is 0 Å². The van der Waals surface area contributed by atoms with Crippen molar-refractivity contribution < 1.29 is 22.8 Å². The topological polar surface area (TPSA) is 71.3 Å². The van der Waals surface area contributed by atoms with Crippen LogP contribution in [0.1, 0.15) is 20.9 Å². The van der Waals surface area contributed by atoms with Crippen LogP contribution >= 0.6 is 0 Å². The number of carbonyl (C=O) groups excluding carboxylic acids is 2. The van der Waals surface area contributed by atoms with Crippen molar-refractivity contribution in [3.8, 4) is 0 Å². The Labute approximate surface area is 118 Å². The molecule has 1 aromatic carbocycles. The van der Waals surface area contributed by atoms with Crippen LogP contribution in [0.3, 0.4) is 0 Å². The molecule has 1 heterocycles. The van der Waals surface area contributed by atoms with E-state index >= 15 is 0 Å². The van der Waals surface area contributed by atoms with Gasteiger partial charge in [0.05, 0.1) is 6.26 Å². The van der Waals surface area contributed by atoms with Crippen molar-refractivity contribution in [3.05, 3.63) is 59.6 Å². The summed E-state index contributed by atoms with van der Waals surface area (Å²) in [6.45, 7) is 0.270. The van der Waals surface area contributed by atoms with Crippen LogP contribution in [0.25, 0.3) is 0 Å². The van der Waals surface area contributed by atoms with Gasteiger partial charge in [-0.1, -0.05) is 0 Å². The number of amides is 2. The molecule has 0 bridgehead atoms. The first-order chi connectivity index (χ1) is 10.1. The van der Waals surface area contributed by atoms with Crippen LogP contribution in [0.15, 0.2) is 41.0 Å². The van der Waals surface area contributed by atoms with Gasteiger partial charge >= 0.3 is 0 Å². The largest absolute Gasteiger partial charge is 0.459 e. The maximum Gasteiger partial charge on any atom is 0.287 e. The van der Waals surface area contributed by atoms with Crippen molar-refractivity contribution in [2.24, 2.45) is 0 Å². The summed E-state index contributed by atoms with van der Waals surface area (Å²) < 4.78 is 30.8. The molecule has 0 fully saturated rings. The first-order valence-corrected chi connectivity index (χ1v) is 6.12. The second-order valence-corrected chi connectivity index (χ2v) is 4.15. The van der Waals surface area contributed by atoms with Crippen LogP contribution in [0.5, 0.6) is 0 Å². The van der Waals surface area contributed by atoms with Gasteiger partial charge in [-0.2, -0.15) is 0 Å². The van der Waals surface area contributed by atoms with Gasteiger partial charge in [-0.05, 0) is 24.3 Å². The molecule has 2 aromatic rings. The molecule has 0 aliphatic heterocycles. The van der Waals surface area contributed by atoms with Crippen LogP contribution < -0.4 is 10.6 Å². The molecule has 0 aliphatic carbocycles. The summed E-state index contributed by atoms with van der Waals surface area (Å²) in [7, 11) is 0. The molecule has 5 nitrogen and oxygen atoms in total. The number of benzene rings is 1. The second-order valence-electron chi connectivity index (χ2n) is 4.15. The lowest BCUT2D eigenvalue weighted by molar-refractivity contribution is 0.0910. The molecule has 0 spiro atoms. The van der Waals surface area contributed by atoms with Crippen LogP contribution in [0.4, 0.5) is 8.78 Å². The molecule has 0 atom stereocenters. The molecule has 2 rings (SSSR count). The lowest BCUT2D eigenvalue weighted by Gasteiger charge is -2.06. The van der Waals surface area contributed by atoms with Crippen LogP contribution in [-0.4, -0.2) is 24.9 Å². The van der Waals surface area contributed by atoms with Crippen LogP contribution in [-0.2, 0) is 0 Å². The normalized spacial score (nSPS) is 10.2. The summed E-state index contributed by atoms with van der Waals surface area (Å²) >= 11 is 0. The van der Waals surface area contributed by atoms with E-state index in [9.17, 15) is 18.4 Å². The lowest BCUT2D eigenvalue weighted by Crippen LogP contribution is -2.34. The number of furan rings is 1. The van der Waals surface area contributed by atoms with Crippen LogP contribution in [0.2, 0.25) is 0 Å². The van der Waals surface area contributed by atoms with Gasteiger partial charge in [-0.3, -0.25) is 9.59 Å². The molecule has 0 radical (unpaired) electrons. The average Bonchev–Trinajstić information content (AvgIpc) is 2.96. The van der Waals surface area contributed by atoms with E-state index in [4.69, 9.17) is 4.42 Å². The number of nitrogens with one attached hydrogen (secondary N) is 2. The third kappa shape index (κ3) is 4.13. The van der Waals surface area contributed by atoms with Crippen molar-refractivity contribution in [1.82, 2.24) is 10.6 Å². The van der Waals surface area contributed by atoms with Crippen molar-refractivity contribution in [1.29, 1.82) is 0 Å². The Kier molecular flexibility index (Phi) is 4.65. The first kappa shape index (κ1) is 14.7. The monoisotopic (exact) mass is 294 g/mol. The average molecular weight is 294 g/mol. The minimum atomic E-state index is -0.828. The Morgan fingerprint density at radius 1 is 1.00 bits per heavy atom. The predicted molar refractivity (Wildman–Crippen MR) is 69.7 cm³/mol. The first-order valence-electron chi connectivity index (χ1n) is 6.12. The molecule has 0 unspecified atom stereocenters. The standard InChI is InChI=1S/C14H12F2N2O3/c15-10-6-9(7-11(16)8-10)13(19)17-3-4-18-14(20)12-2-1-5-21-12/h1-2,5-8H,3-4H2,(H,17,19)(H,18,20). The second kappa shape index (κ2) is 6.65. The van der Waals surface area contributed by atoms with Gasteiger partial charge in [0.2, 0.25) is 0 Å². The fraction of sp³-hybridized carbons (Fsp3) is 0.143. The Morgan fingerprint density at radius 3 is 2.19 bits per heavy atom. The van der Waals surface area contributed by atoms with Crippen LogP contribution in [0, 0.1) is 11.6 Å². The smallest absolute Gasteiger partial charge is 0.287 e. The minimum Gasteiger partial charge on any atom is -0.459 e. The SMILES string of the molecule is O=C(NCCNC(=O)c1ccco1)c1cc(F)cc(F)c1. The van der Waals surface area contributed by atoms with E-state index in [1.54, 1.807) is 6.07 Å². The van der Waals surface area contributed by atoms with Gasteiger partial charge in [0.15, 0.2) is 5.76 Å². The molecule has 0 saturated carbocycles. The van der Waals surface area contributed by atoms with Gasteiger partial charge in [0, 0.05) is 24.7 Å². The van der Waals surface area contributed by atoms with Gasteiger partial charge in [0.25, 0.3) is 11.8 Å². The fourth-order valence-electron chi connectivity index (χ4n) is 1.63. The number of hydrogen-bond donors (Lipinski definition) is 2. The zero-order chi connectivity index (χ0) is 15.2. The van der Waals surface area contributed by atoms with E-state index in [0.29, 0.717) is 6.07 Å². The number of rotatable bonds is 5. The molecular weight excluding hydrogens is 282 g/mol. The molecule has 2 amide bonds. The van der Waals surface area contributed by atoms with E-state index in [1.807, 2.05) is 0 Å². The summed E-state index contributed by atoms with van der Waals surface area (Å²) in [6, 6.07) is 5.62. The Balaban J connectivity index is 1.78. The summed E-state index contributed by atoms with van der Waals surface area (Å²) in [5.74, 6) is -2.53. The minimum absolute atomic E-state index is 0.114. The molecule has 0 saturated heterocycles. The summed E-state index contributed by atoms with van der Waals surface area (Å²) in [5.41, 5.74) is -0.120. The zero-order valence-corrected chi connectivity index (χ0v) is 10.9. The third-order valence-corrected chi connectivity index (χ3v) is 2.57. The van der Waals surface area contributed by atoms with Gasteiger partial charge in [-0.25, -0.2) is 8.78 Å². The molecular formula is C14H12F2N2O3. The highest BCUT2D eigenvalue weighted by molar-refractivity contribution is 5.94. The molecule has 110 valence electrons. The maximum absolute atomic E-state index is 13.0. The van der Waals surface area contributed by atoms with E-state index < -0.39 is 23.4 Å². The van der Waals surface area contributed by atoms with E-state index in [2.05, 4.69) is 10.6 Å². The number of carbonyl (C=O) groups is 2. The van der Waals surface area contributed by atoms with Crippen molar-refractivity contribution in [2.75, 3.05) is 13.1 Å². The summed E-state index contributed by atoms with van der Waals surface area (Å²) in [5, 5.41) is 4.96. The van der Waals surface area contributed by atoms with Crippen molar-refractivity contribution >= 4 is 11.8 Å². The highest BCUT2D eigenvalue weighted by atomic mass is 19.1. The van der Waals surface area contributed by atoms with E-state index in [1.165, 1.54) is 12.3 Å². The maximum atomic E-state index is 13.0. The highest BCUT2D eigenvalue weighted by Crippen LogP contribution is 2.07. The van der Waals surface area contributed by atoms with Crippen molar-refractivity contribution in [2.45, 2.75) is 0 Å². The number of hydrogen-bond acceptors (Lipinski definition) is 3. The van der Waals surface area contributed by atoms with E-state index in [0.717, 1.165) is 12.1 Å². The molecule has 2 N–H and O–H groups in total. The quantitative estimate of drug-likeness (QED) is 0.825. The van der Waals surface area contributed by atoms with Gasteiger partial charge in [-0.15, -0.1) is 0 Å². The van der Waals surface area contributed by atoms with Gasteiger partial charge in [0.1, 0.15) is 11.6 Å². The Morgan fingerprint density at radius 2 is 1.62 bits per heavy atom. The highest BCUT2D eigenvalue weighted by Gasteiger charge is 2.10. The summed E-state index contributed by atoms with van der Waals surface area (Å²) in [6.07, 6.45) is 1.37. The molecule has 21 heavy (non-hydrogen) atoms. The summed E-state index contributed by atoms with van der Waals surface area (Å²) in [4.78, 5) is 23.1. The van der Waals surface area contributed by atoms with Gasteiger partial charge < -0.3 is 15.1 Å². The Bertz CT molecular complexity index is 621.